The smallest absolute Gasteiger partial charge is 0.353 e. The molecule has 8 heteroatoms. The Kier molecular flexibility index (Phi) is 22.2. The number of quaternary nitrogens is 1. The second-order valence-corrected chi connectivity index (χ2v) is 12.5. The number of unbranched alkanes of at least 4 members (excludes halogenated alkanes) is 15. The van der Waals surface area contributed by atoms with Gasteiger partial charge in [-0.1, -0.05) is 103 Å². The highest BCUT2D eigenvalue weighted by Gasteiger charge is 2.23. The molecular formula is C26H57NO6P+. The van der Waals surface area contributed by atoms with Gasteiger partial charge in [-0.25, -0.2) is 0 Å². The van der Waals surface area contributed by atoms with Crippen molar-refractivity contribution in [2.75, 3.05) is 54.0 Å². The van der Waals surface area contributed by atoms with Gasteiger partial charge in [-0.05, 0) is 6.42 Å². The summed E-state index contributed by atoms with van der Waals surface area (Å²) in [4.78, 5) is 9.74. The van der Waals surface area contributed by atoms with E-state index in [1.54, 1.807) is 0 Å². The minimum Gasteiger partial charge on any atom is -0.388 e. The number of aliphatic hydroxyl groups is 1. The minimum atomic E-state index is -3.86. The van der Waals surface area contributed by atoms with E-state index >= 15 is 0 Å². The highest BCUT2D eigenvalue weighted by atomic mass is 31.2. The Labute approximate surface area is 210 Å². The van der Waals surface area contributed by atoms with Crippen LogP contribution in [0.4, 0.5) is 0 Å². The quantitative estimate of drug-likeness (QED) is 0.0601. The summed E-state index contributed by atoms with van der Waals surface area (Å²) in [6.07, 6.45) is 20.0. The third-order valence-electron chi connectivity index (χ3n) is 5.65. The molecule has 34 heavy (non-hydrogen) atoms. The first kappa shape index (κ1) is 34.0. The average molecular weight is 511 g/mol. The van der Waals surface area contributed by atoms with Crippen LogP contribution in [0, 0.1) is 0 Å². The first-order valence-corrected chi connectivity index (χ1v) is 15.5. The van der Waals surface area contributed by atoms with Gasteiger partial charge in [0.2, 0.25) is 0 Å². The van der Waals surface area contributed by atoms with Gasteiger partial charge < -0.3 is 28.5 Å². The fraction of sp³-hybridized carbons (Fsp3) is 1.00. The SMILES string of the molecule is CCCCCCCCCCCCCCCCCCOCC(O)COP(=O)(O)COC[N+](C)(C)C. The molecule has 0 heterocycles. The lowest BCUT2D eigenvalue weighted by molar-refractivity contribution is -0.890. The number of hydrogen-bond donors (Lipinski definition) is 2. The molecule has 206 valence electrons. The maximum atomic E-state index is 11.9. The zero-order chi connectivity index (χ0) is 25.5. The van der Waals surface area contributed by atoms with Gasteiger partial charge in [0.25, 0.3) is 0 Å². The van der Waals surface area contributed by atoms with Gasteiger partial charge in [-0.15, -0.1) is 0 Å². The molecule has 0 aromatic carbocycles. The Balaban J connectivity index is 3.37. The third kappa shape index (κ3) is 26.6. The molecule has 0 aliphatic heterocycles. The van der Waals surface area contributed by atoms with Crippen molar-refractivity contribution in [2.45, 2.75) is 116 Å². The van der Waals surface area contributed by atoms with E-state index in [1.165, 1.54) is 89.9 Å². The number of hydrogen-bond acceptors (Lipinski definition) is 5. The number of ether oxygens (including phenoxy) is 2. The summed E-state index contributed by atoms with van der Waals surface area (Å²) in [5.74, 6) is 0. The normalized spacial score (nSPS) is 14.9. The summed E-state index contributed by atoms with van der Waals surface area (Å²) in [6, 6.07) is 0. The van der Waals surface area contributed by atoms with Gasteiger partial charge in [-0.2, -0.15) is 0 Å². The molecule has 0 aromatic heterocycles. The van der Waals surface area contributed by atoms with E-state index in [0.717, 1.165) is 12.8 Å². The second-order valence-electron chi connectivity index (χ2n) is 10.7. The molecule has 7 nitrogen and oxygen atoms in total. The zero-order valence-electron chi connectivity index (χ0n) is 22.8. The lowest BCUT2D eigenvalue weighted by Crippen LogP contribution is -2.36. The number of nitrogens with zero attached hydrogens (tertiary/aromatic N) is 1. The van der Waals surface area contributed by atoms with Crippen LogP contribution in [-0.4, -0.2) is 74.6 Å². The molecular weight excluding hydrogens is 453 g/mol. The molecule has 0 rings (SSSR count). The van der Waals surface area contributed by atoms with Crippen LogP contribution in [0.3, 0.4) is 0 Å². The van der Waals surface area contributed by atoms with E-state index in [9.17, 15) is 14.6 Å². The Morgan fingerprint density at radius 2 is 1.15 bits per heavy atom. The lowest BCUT2D eigenvalue weighted by atomic mass is 10.0. The molecule has 2 atom stereocenters. The van der Waals surface area contributed by atoms with Crippen LogP contribution in [0.15, 0.2) is 0 Å². The second kappa shape index (κ2) is 22.2. The van der Waals surface area contributed by atoms with Gasteiger partial charge in [0.1, 0.15) is 6.10 Å². The van der Waals surface area contributed by atoms with E-state index in [0.29, 0.717) is 17.8 Å². The van der Waals surface area contributed by atoms with Crippen molar-refractivity contribution >= 4 is 7.60 Å². The Morgan fingerprint density at radius 3 is 1.59 bits per heavy atom. The van der Waals surface area contributed by atoms with E-state index in [-0.39, 0.29) is 19.6 Å². The molecule has 2 N–H and O–H groups in total. The standard InChI is InChI=1S/C26H56NO6P/c1-5-6-7-8-9-10-11-12-13-14-15-16-17-18-19-20-21-31-22-26(28)23-33-34(29,30)25-32-24-27(2,3)4/h26,28H,5-25H2,1-4H3/p+1. The number of aliphatic hydroxyl groups excluding tert-OH is 1. The molecule has 0 aromatic rings. The van der Waals surface area contributed by atoms with Gasteiger partial charge in [0, 0.05) is 6.61 Å². The van der Waals surface area contributed by atoms with Crippen molar-refractivity contribution in [3.05, 3.63) is 0 Å². The van der Waals surface area contributed by atoms with E-state index in [2.05, 4.69) is 6.92 Å². The first-order valence-electron chi connectivity index (χ1n) is 13.8. The molecule has 0 bridgehead atoms. The van der Waals surface area contributed by atoms with Crippen LogP contribution < -0.4 is 0 Å². The third-order valence-corrected chi connectivity index (χ3v) is 6.72. The van der Waals surface area contributed by atoms with Crippen molar-refractivity contribution < 1.29 is 33.0 Å². The molecule has 0 fully saturated rings. The molecule has 0 saturated heterocycles. The van der Waals surface area contributed by atoms with Crippen molar-refractivity contribution in [1.29, 1.82) is 0 Å². The van der Waals surface area contributed by atoms with Crippen molar-refractivity contribution in [3.63, 3.8) is 0 Å². The van der Waals surface area contributed by atoms with Crippen molar-refractivity contribution in [2.24, 2.45) is 0 Å². The van der Waals surface area contributed by atoms with Crippen LogP contribution in [-0.2, 0) is 18.6 Å². The predicted octanol–water partition coefficient (Wildman–Crippen LogP) is 6.47. The van der Waals surface area contributed by atoms with Crippen LogP contribution in [0.1, 0.15) is 110 Å². The van der Waals surface area contributed by atoms with Crippen LogP contribution in [0.5, 0.6) is 0 Å². The van der Waals surface area contributed by atoms with Crippen molar-refractivity contribution in [1.82, 2.24) is 0 Å². The monoisotopic (exact) mass is 510 g/mol. The fourth-order valence-electron chi connectivity index (χ4n) is 3.69. The molecule has 0 saturated carbocycles. The summed E-state index contributed by atoms with van der Waals surface area (Å²) >= 11 is 0. The Hall–Kier alpha value is -0.0100. The topological polar surface area (TPSA) is 85.2 Å². The Bertz CT molecular complexity index is 486. The van der Waals surface area contributed by atoms with Gasteiger partial charge in [-0.3, -0.25) is 4.57 Å². The average Bonchev–Trinajstić information content (AvgIpc) is 2.76. The Morgan fingerprint density at radius 1 is 0.706 bits per heavy atom. The summed E-state index contributed by atoms with van der Waals surface area (Å²) in [5, 5.41) is 9.88. The molecule has 0 aliphatic rings. The van der Waals surface area contributed by atoms with Gasteiger partial charge >= 0.3 is 7.60 Å². The van der Waals surface area contributed by atoms with Crippen LogP contribution in [0.25, 0.3) is 0 Å². The van der Waals surface area contributed by atoms with Gasteiger partial charge in [0.15, 0.2) is 13.1 Å². The molecule has 0 amide bonds. The summed E-state index contributed by atoms with van der Waals surface area (Å²) < 4.78 is 28.0. The number of rotatable bonds is 26. The van der Waals surface area contributed by atoms with Gasteiger partial charge in [0.05, 0.1) is 34.4 Å². The summed E-state index contributed by atoms with van der Waals surface area (Å²) in [5.41, 5.74) is 0. The summed E-state index contributed by atoms with van der Waals surface area (Å²) in [6.45, 7) is 3.05. The highest BCUT2D eigenvalue weighted by molar-refractivity contribution is 7.52. The first-order chi connectivity index (χ1) is 16.2. The van der Waals surface area contributed by atoms with Crippen LogP contribution >= 0.6 is 7.60 Å². The molecule has 0 spiro atoms. The largest absolute Gasteiger partial charge is 0.388 e. The zero-order valence-corrected chi connectivity index (χ0v) is 23.7. The van der Waals surface area contributed by atoms with E-state index in [4.69, 9.17) is 14.0 Å². The fourth-order valence-corrected chi connectivity index (χ4v) is 4.48. The molecule has 0 radical (unpaired) electrons. The predicted molar refractivity (Wildman–Crippen MR) is 141 cm³/mol. The molecule has 0 aliphatic carbocycles. The maximum Gasteiger partial charge on any atom is 0.353 e. The van der Waals surface area contributed by atoms with Crippen molar-refractivity contribution in [3.8, 4) is 0 Å². The van der Waals surface area contributed by atoms with Crippen LogP contribution in [0.2, 0.25) is 0 Å². The lowest BCUT2D eigenvalue weighted by Gasteiger charge is -2.24. The highest BCUT2D eigenvalue weighted by Crippen LogP contribution is 2.41. The summed E-state index contributed by atoms with van der Waals surface area (Å²) in [7, 11) is 1.90. The molecule has 2 unspecified atom stereocenters. The maximum absolute atomic E-state index is 11.9. The minimum absolute atomic E-state index is 0.110. The van der Waals surface area contributed by atoms with E-state index < -0.39 is 13.7 Å². The van der Waals surface area contributed by atoms with E-state index in [1.807, 2.05) is 21.1 Å².